The average molecular weight is 180 g/mol. The van der Waals surface area contributed by atoms with Crippen molar-refractivity contribution in [3.8, 4) is 0 Å². The second-order valence-electron chi connectivity index (χ2n) is 3.96. The number of rotatable bonds is 2. The van der Waals surface area contributed by atoms with E-state index in [0.29, 0.717) is 5.92 Å². The summed E-state index contributed by atoms with van der Waals surface area (Å²) < 4.78 is 2.03. The maximum absolute atomic E-state index is 9.65. The number of aliphatic hydroxyl groups is 1. The fourth-order valence-corrected chi connectivity index (χ4v) is 2.11. The van der Waals surface area contributed by atoms with Crippen LogP contribution in [0.1, 0.15) is 25.0 Å². The van der Waals surface area contributed by atoms with Gasteiger partial charge in [0.2, 0.25) is 0 Å². The lowest BCUT2D eigenvalue weighted by Gasteiger charge is -2.13. The van der Waals surface area contributed by atoms with Crippen molar-refractivity contribution in [2.75, 3.05) is 0 Å². The number of nitrogens with zero attached hydrogens (tertiary/aromatic N) is 2. The minimum atomic E-state index is -0.0881. The molecule has 1 heterocycles. The van der Waals surface area contributed by atoms with E-state index >= 15 is 0 Å². The Hall–Kier alpha value is -0.830. The van der Waals surface area contributed by atoms with Crippen LogP contribution in [0.3, 0.4) is 0 Å². The highest BCUT2D eigenvalue weighted by molar-refractivity contribution is 5.00. The summed E-state index contributed by atoms with van der Waals surface area (Å²) in [4.78, 5) is 4.07. The van der Waals surface area contributed by atoms with E-state index in [9.17, 15) is 5.11 Å². The number of aryl methyl sites for hydroxylation is 1. The highest BCUT2D eigenvalue weighted by Gasteiger charge is 2.25. The Balaban J connectivity index is 2.01. The van der Waals surface area contributed by atoms with E-state index in [2.05, 4.69) is 4.98 Å². The average Bonchev–Trinajstić information content (AvgIpc) is 2.65. The van der Waals surface area contributed by atoms with Gasteiger partial charge in [0.05, 0.1) is 12.4 Å². The molecule has 1 aromatic rings. The molecule has 1 fully saturated rings. The molecule has 2 rings (SSSR count). The van der Waals surface area contributed by atoms with Crippen molar-refractivity contribution >= 4 is 0 Å². The Morgan fingerprint density at radius 3 is 3.00 bits per heavy atom. The van der Waals surface area contributed by atoms with Gasteiger partial charge in [0.25, 0.3) is 0 Å². The monoisotopic (exact) mass is 180 g/mol. The summed E-state index contributed by atoms with van der Waals surface area (Å²) in [5, 5.41) is 9.65. The van der Waals surface area contributed by atoms with E-state index in [1.165, 1.54) is 12.1 Å². The van der Waals surface area contributed by atoms with E-state index in [1.807, 2.05) is 24.1 Å². The maximum atomic E-state index is 9.65. The molecule has 13 heavy (non-hydrogen) atoms. The predicted octanol–water partition coefficient (Wildman–Crippen LogP) is 1.12. The fourth-order valence-electron chi connectivity index (χ4n) is 2.11. The Bertz CT molecular complexity index is 282. The van der Waals surface area contributed by atoms with Crippen LogP contribution in [-0.4, -0.2) is 20.8 Å². The molecule has 1 aliphatic carbocycles. The predicted molar refractivity (Wildman–Crippen MR) is 50.3 cm³/mol. The Morgan fingerprint density at radius 2 is 2.46 bits per heavy atom. The Labute approximate surface area is 78.4 Å². The van der Waals surface area contributed by atoms with Crippen LogP contribution in [0.4, 0.5) is 0 Å². The van der Waals surface area contributed by atoms with Gasteiger partial charge in [0.15, 0.2) is 0 Å². The molecular weight excluding hydrogens is 164 g/mol. The second-order valence-corrected chi connectivity index (χ2v) is 3.96. The molecule has 3 heteroatoms. The third-order valence-electron chi connectivity index (χ3n) is 3.01. The summed E-state index contributed by atoms with van der Waals surface area (Å²) in [7, 11) is 2.00. The van der Waals surface area contributed by atoms with Crippen LogP contribution < -0.4 is 0 Å². The van der Waals surface area contributed by atoms with Gasteiger partial charge in [-0.3, -0.25) is 0 Å². The quantitative estimate of drug-likeness (QED) is 0.740. The number of hydrogen-bond donors (Lipinski definition) is 1. The third kappa shape index (κ3) is 1.75. The van der Waals surface area contributed by atoms with Gasteiger partial charge in [-0.05, 0) is 25.2 Å². The van der Waals surface area contributed by atoms with E-state index in [1.54, 1.807) is 0 Å². The van der Waals surface area contributed by atoms with Gasteiger partial charge in [-0.25, -0.2) is 4.98 Å². The van der Waals surface area contributed by atoms with Gasteiger partial charge in [-0.1, -0.05) is 6.42 Å². The van der Waals surface area contributed by atoms with Gasteiger partial charge in [-0.15, -0.1) is 0 Å². The van der Waals surface area contributed by atoms with Gasteiger partial charge < -0.3 is 9.67 Å². The first-order valence-corrected chi connectivity index (χ1v) is 4.90. The molecule has 3 nitrogen and oxygen atoms in total. The number of aliphatic hydroxyl groups excluding tert-OH is 1. The van der Waals surface area contributed by atoms with E-state index < -0.39 is 0 Å². The van der Waals surface area contributed by atoms with Gasteiger partial charge >= 0.3 is 0 Å². The number of aromatic nitrogens is 2. The van der Waals surface area contributed by atoms with Crippen molar-refractivity contribution in [2.24, 2.45) is 13.0 Å². The standard InChI is InChI=1S/C10H16N2O/c1-12-7-11-6-9(12)5-8-3-2-4-10(8)13/h6-8,10,13H,2-5H2,1H3/t8-,10+/m0/s1. The van der Waals surface area contributed by atoms with Crippen molar-refractivity contribution in [3.63, 3.8) is 0 Å². The van der Waals surface area contributed by atoms with Crippen LogP contribution in [0.2, 0.25) is 0 Å². The molecule has 2 atom stereocenters. The summed E-state index contributed by atoms with van der Waals surface area (Å²) in [6.45, 7) is 0. The smallest absolute Gasteiger partial charge is 0.0945 e. The minimum absolute atomic E-state index is 0.0881. The molecule has 1 aromatic heterocycles. The van der Waals surface area contributed by atoms with Crippen LogP contribution >= 0.6 is 0 Å². The lowest BCUT2D eigenvalue weighted by atomic mass is 10.00. The van der Waals surface area contributed by atoms with Crippen LogP contribution in [0, 0.1) is 5.92 Å². The van der Waals surface area contributed by atoms with Gasteiger partial charge in [-0.2, -0.15) is 0 Å². The van der Waals surface area contributed by atoms with Crippen molar-refractivity contribution in [1.29, 1.82) is 0 Å². The van der Waals surface area contributed by atoms with Crippen molar-refractivity contribution in [2.45, 2.75) is 31.8 Å². The SMILES string of the molecule is Cn1cncc1C[C@@H]1CCC[C@H]1O. The Morgan fingerprint density at radius 1 is 1.62 bits per heavy atom. The zero-order valence-corrected chi connectivity index (χ0v) is 7.98. The molecule has 0 spiro atoms. The highest BCUT2D eigenvalue weighted by atomic mass is 16.3. The normalized spacial score (nSPS) is 28.2. The van der Waals surface area contributed by atoms with Crippen molar-refractivity contribution in [1.82, 2.24) is 9.55 Å². The third-order valence-corrected chi connectivity index (χ3v) is 3.01. The maximum Gasteiger partial charge on any atom is 0.0945 e. The highest BCUT2D eigenvalue weighted by Crippen LogP contribution is 2.28. The van der Waals surface area contributed by atoms with Crippen LogP contribution in [0.15, 0.2) is 12.5 Å². The first kappa shape index (κ1) is 8.75. The summed E-state index contributed by atoms with van der Waals surface area (Å²) >= 11 is 0. The second kappa shape index (κ2) is 3.50. The first-order chi connectivity index (χ1) is 6.27. The van der Waals surface area contributed by atoms with Crippen LogP contribution in [-0.2, 0) is 13.5 Å². The lowest BCUT2D eigenvalue weighted by molar-refractivity contribution is 0.132. The zero-order chi connectivity index (χ0) is 9.26. The van der Waals surface area contributed by atoms with Gasteiger partial charge in [0, 0.05) is 18.9 Å². The largest absolute Gasteiger partial charge is 0.393 e. The molecule has 1 aliphatic rings. The van der Waals surface area contributed by atoms with E-state index in [0.717, 1.165) is 19.3 Å². The first-order valence-electron chi connectivity index (χ1n) is 4.90. The Kier molecular flexibility index (Phi) is 2.36. The molecule has 0 aliphatic heterocycles. The van der Waals surface area contributed by atoms with Crippen molar-refractivity contribution in [3.05, 3.63) is 18.2 Å². The molecule has 0 aromatic carbocycles. The fraction of sp³-hybridized carbons (Fsp3) is 0.700. The van der Waals surface area contributed by atoms with E-state index in [4.69, 9.17) is 0 Å². The van der Waals surface area contributed by atoms with Gasteiger partial charge in [0.1, 0.15) is 0 Å². The molecule has 0 bridgehead atoms. The molecule has 0 unspecified atom stereocenters. The molecule has 1 saturated carbocycles. The molecular formula is C10H16N2O. The number of hydrogen-bond acceptors (Lipinski definition) is 2. The minimum Gasteiger partial charge on any atom is -0.393 e. The zero-order valence-electron chi connectivity index (χ0n) is 7.98. The topological polar surface area (TPSA) is 38.0 Å². The van der Waals surface area contributed by atoms with Crippen molar-refractivity contribution < 1.29 is 5.11 Å². The van der Waals surface area contributed by atoms with Crippen LogP contribution in [0.5, 0.6) is 0 Å². The summed E-state index contributed by atoms with van der Waals surface area (Å²) in [5.41, 5.74) is 1.23. The summed E-state index contributed by atoms with van der Waals surface area (Å²) in [5.74, 6) is 0.454. The molecule has 1 N–H and O–H groups in total. The molecule has 72 valence electrons. The molecule has 0 radical (unpaired) electrons. The van der Waals surface area contributed by atoms with Crippen LogP contribution in [0.25, 0.3) is 0 Å². The summed E-state index contributed by atoms with van der Waals surface area (Å²) in [6.07, 6.45) is 7.90. The lowest BCUT2D eigenvalue weighted by Crippen LogP contribution is -2.16. The summed E-state index contributed by atoms with van der Waals surface area (Å²) in [6, 6.07) is 0. The van der Waals surface area contributed by atoms with E-state index in [-0.39, 0.29) is 6.10 Å². The molecule has 0 saturated heterocycles. The molecule has 0 amide bonds. The number of imidazole rings is 1.